The number of carbonyl (C=O) groups is 2. The van der Waals surface area contributed by atoms with Crippen molar-refractivity contribution in [2.75, 3.05) is 0 Å². The van der Waals surface area contributed by atoms with E-state index in [1.54, 1.807) is 29.7 Å². The molecule has 0 radical (unpaired) electrons. The molecule has 168 valence electrons. The molecule has 0 fully saturated rings. The van der Waals surface area contributed by atoms with Crippen LogP contribution in [0.2, 0.25) is 0 Å². The Morgan fingerprint density at radius 1 is 0.875 bits per heavy atom. The highest BCUT2D eigenvalue weighted by molar-refractivity contribution is 7.12. The molecule has 2 aliphatic rings. The fourth-order valence-electron chi connectivity index (χ4n) is 4.67. The first-order valence-corrected chi connectivity index (χ1v) is 13.0. The number of thiophene rings is 2. The third-order valence-electron chi connectivity index (χ3n) is 6.34. The van der Waals surface area contributed by atoms with E-state index in [9.17, 15) is 9.59 Å². The number of nitrogens with one attached hydrogen (secondary N) is 2. The molecule has 3 heterocycles. The lowest BCUT2D eigenvalue weighted by Crippen LogP contribution is -2.29. The summed E-state index contributed by atoms with van der Waals surface area (Å²) in [7, 11) is 1.70. The van der Waals surface area contributed by atoms with Gasteiger partial charge in [-0.25, -0.2) is 0 Å². The Hall–Kier alpha value is -2.45. The van der Waals surface area contributed by atoms with Gasteiger partial charge < -0.3 is 10.6 Å². The lowest BCUT2D eigenvalue weighted by atomic mass is 9.99. The molecular formula is C24H28N4O2S2. The van der Waals surface area contributed by atoms with E-state index in [1.807, 2.05) is 0 Å². The van der Waals surface area contributed by atoms with Crippen LogP contribution in [0.5, 0.6) is 0 Å². The topological polar surface area (TPSA) is 76.0 Å². The van der Waals surface area contributed by atoms with E-state index in [4.69, 9.17) is 0 Å². The lowest BCUT2D eigenvalue weighted by molar-refractivity contribution is 0.0911. The average Bonchev–Trinajstić information content (AvgIpc) is 3.51. The van der Waals surface area contributed by atoms with E-state index in [0.29, 0.717) is 24.3 Å². The summed E-state index contributed by atoms with van der Waals surface area (Å²) in [5.41, 5.74) is 3.48. The number of aromatic nitrogens is 2. The second-order valence-corrected chi connectivity index (χ2v) is 11.1. The van der Waals surface area contributed by atoms with Gasteiger partial charge in [0.1, 0.15) is 5.69 Å². The zero-order valence-corrected chi connectivity index (χ0v) is 20.0. The van der Waals surface area contributed by atoms with Gasteiger partial charge >= 0.3 is 0 Å². The zero-order valence-electron chi connectivity index (χ0n) is 18.3. The van der Waals surface area contributed by atoms with Crippen LogP contribution in [0, 0.1) is 0 Å². The van der Waals surface area contributed by atoms with Crippen molar-refractivity contribution in [3.05, 3.63) is 60.2 Å². The third-order valence-corrected chi connectivity index (χ3v) is 8.81. The van der Waals surface area contributed by atoms with Gasteiger partial charge in [0.2, 0.25) is 0 Å². The molecule has 0 aromatic carbocycles. The summed E-state index contributed by atoms with van der Waals surface area (Å²) >= 11 is 3.58. The van der Waals surface area contributed by atoms with Crippen molar-refractivity contribution in [2.24, 2.45) is 7.05 Å². The van der Waals surface area contributed by atoms with Gasteiger partial charge in [-0.3, -0.25) is 14.3 Å². The van der Waals surface area contributed by atoms with E-state index in [0.717, 1.165) is 25.7 Å². The van der Waals surface area contributed by atoms with Crippen molar-refractivity contribution in [2.45, 2.75) is 64.5 Å². The van der Waals surface area contributed by atoms with Crippen molar-refractivity contribution < 1.29 is 9.59 Å². The molecule has 8 heteroatoms. The van der Waals surface area contributed by atoms with Gasteiger partial charge in [0.15, 0.2) is 0 Å². The van der Waals surface area contributed by atoms with Crippen LogP contribution >= 0.6 is 22.7 Å². The maximum absolute atomic E-state index is 12.9. The summed E-state index contributed by atoms with van der Waals surface area (Å²) in [4.78, 5) is 31.0. The molecule has 0 spiro atoms. The van der Waals surface area contributed by atoms with Crippen molar-refractivity contribution in [3.63, 3.8) is 0 Å². The molecule has 0 unspecified atom stereocenters. The Labute approximate surface area is 196 Å². The summed E-state index contributed by atoms with van der Waals surface area (Å²) in [6.07, 6.45) is 11.0. The van der Waals surface area contributed by atoms with Gasteiger partial charge in [-0.2, -0.15) is 5.10 Å². The van der Waals surface area contributed by atoms with Gasteiger partial charge in [0, 0.05) is 26.6 Å². The molecule has 0 aliphatic heterocycles. The van der Waals surface area contributed by atoms with Gasteiger partial charge in [-0.1, -0.05) is 0 Å². The van der Waals surface area contributed by atoms with E-state index >= 15 is 0 Å². The molecule has 0 saturated carbocycles. The molecule has 0 saturated heterocycles. The molecule has 2 aliphatic carbocycles. The second kappa shape index (κ2) is 9.19. The fourth-order valence-corrected chi connectivity index (χ4v) is 7.07. The van der Waals surface area contributed by atoms with Gasteiger partial charge in [-0.05, 0) is 74.6 Å². The summed E-state index contributed by atoms with van der Waals surface area (Å²) in [5.74, 6) is -0.533. The number of hydrogen-bond acceptors (Lipinski definition) is 5. The van der Waals surface area contributed by atoms with Crippen LogP contribution in [0.3, 0.4) is 0 Å². The van der Waals surface area contributed by atoms with Crippen LogP contribution in [-0.2, 0) is 45.8 Å². The molecule has 0 atom stereocenters. The van der Waals surface area contributed by atoms with Gasteiger partial charge in [-0.15, -0.1) is 22.7 Å². The summed E-state index contributed by atoms with van der Waals surface area (Å²) in [6.45, 7) is 0.955. The van der Waals surface area contributed by atoms with Crippen LogP contribution < -0.4 is 10.6 Å². The molecule has 32 heavy (non-hydrogen) atoms. The Kier molecular flexibility index (Phi) is 6.15. The Morgan fingerprint density at radius 2 is 1.41 bits per heavy atom. The van der Waals surface area contributed by atoms with Gasteiger partial charge in [0.25, 0.3) is 11.8 Å². The van der Waals surface area contributed by atoms with Crippen molar-refractivity contribution in [1.29, 1.82) is 0 Å². The minimum atomic E-state index is -0.270. The number of aryl methyl sites for hydroxylation is 5. The van der Waals surface area contributed by atoms with E-state index in [2.05, 4.69) is 27.9 Å². The molecule has 3 aromatic rings. The zero-order chi connectivity index (χ0) is 22.1. The largest absolute Gasteiger partial charge is 0.347 e. The van der Waals surface area contributed by atoms with Crippen molar-refractivity contribution >= 4 is 34.5 Å². The fraction of sp³-hybridized carbons (Fsp3) is 0.458. The molecule has 2 N–H and O–H groups in total. The SMILES string of the molecule is Cn1ncc(C(=O)NCc2cc3c(s2)CCCC3)c1C(=O)NCc1cc2c(s1)CCCC2. The Morgan fingerprint density at radius 3 is 1.97 bits per heavy atom. The predicted molar refractivity (Wildman–Crippen MR) is 127 cm³/mol. The number of fused-ring (bicyclic) bond motifs is 2. The first-order valence-electron chi connectivity index (χ1n) is 11.4. The second-order valence-electron chi connectivity index (χ2n) is 8.63. The standard InChI is InChI=1S/C24H28N4O2S2/c1-28-22(24(30)26-13-18-11-16-7-3-5-9-21(16)32-18)19(14-27-28)23(29)25-12-17-10-15-6-2-4-8-20(15)31-17/h10-11,14H,2-9,12-13H2,1H3,(H,25,29)(H,26,30). The summed E-state index contributed by atoms with van der Waals surface area (Å²) < 4.78 is 1.48. The Bertz CT molecular complexity index is 1110. The predicted octanol–water partition coefficient (Wildman–Crippen LogP) is 4.16. The molecule has 3 aromatic heterocycles. The molecule has 6 nitrogen and oxygen atoms in total. The minimum Gasteiger partial charge on any atom is -0.347 e. The number of nitrogens with zero attached hydrogens (tertiary/aromatic N) is 2. The number of hydrogen-bond donors (Lipinski definition) is 2. The monoisotopic (exact) mass is 468 g/mol. The van der Waals surface area contributed by atoms with Gasteiger partial charge in [0.05, 0.1) is 24.8 Å². The maximum Gasteiger partial charge on any atom is 0.270 e. The van der Waals surface area contributed by atoms with E-state index in [1.165, 1.54) is 67.2 Å². The number of amides is 2. The average molecular weight is 469 g/mol. The first-order chi connectivity index (χ1) is 15.6. The molecule has 5 rings (SSSR count). The smallest absolute Gasteiger partial charge is 0.270 e. The van der Waals surface area contributed by atoms with E-state index < -0.39 is 0 Å². The van der Waals surface area contributed by atoms with Crippen LogP contribution in [0.1, 0.15) is 77.2 Å². The maximum atomic E-state index is 12.9. The van der Waals surface area contributed by atoms with Crippen LogP contribution in [-0.4, -0.2) is 21.6 Å². The highest BCUT2D eigenvalue weighted by Crippen LogP contribution is 2.30. The molecule has 0 bridgehead atoms. The third kappa shape index (κ3) is 4.38. The summed E-state index contributed by atoms with van der Waals surface area (Å²) in [6, 6.07) is 4.44. The summed E-state index contributed by atoms with van der Waals surface area (Å²) in [5, 5.41) is 10.1. The highest BCUT2D eigenvalue weighted by atomic mass is 32.1. The highest BCUT2D eigenvalue weighted by Gasteiger charge is 2.23. The van der Waals surface area contributed by atoms with Crippen LogP contribution in [0.25, 0.3) is 0 Å². The van der Waals surface area contributed by atoms with Crippen LogP contribution in [0.15, 0.2) is 18.3 Å². The number of carbonyl (C=O) groups excluding carboxylic acids is 2. The molecule has 2 amide bonds. The normalized spacial score (nSPS) is 15.2. The first kappa shape index (κ1) is 21.4. The minimum absolute atomic E-state index is 0.263. The quantitative estimate of drug-likeness (QED) is 0.570. The van der Waals surface area contributed by atoms with Crippen molar-refractivity contribution in [1.82, 2.24) is 20.4 Å². The van der Waals surface area contributed by atoms with Crippen LogP contribution in [0.4, 0.5) is 0 Å². The number of rotatable bonds is 6. The van der Waals surface area contributed by atoms with Crippen molar-refractivity contribution in [3.8, 4) is 0 Å². The Balaban J connectivity index is 1.23. The van der Waals surface area contributed by atoms with E-state index in [-0.39, 0.29) is 11.8 Å². The molecular weight excluding hydrogens is 440 g/mol. The lowest BCUT2D eigenvalue weighted by Gasteiger charge is -2.08.